The number of hydrogen-bond donors (Lipinski definition) is 0. The fraction of sp³-hybridized carbons (Fsp3) is 0.294. The molecule has 0 unspecified atom stereocenters. The fourth-order valence-electron chi connectivity index (χ4n) is 2.15. The minimum atomic E-state index is 0. The average molecular weight is 361 g/mol. The van der Waals surface area contributed by atoms with E-state index in [4.69, 9.17) is 27.9 Å². The molecular weight excluding hydrogens is 341 g/mol. The normalized spacial score (nSPS) is 10.9. The van der Waals surface area contributed by atoms with E-state index >= 15 is 0 Å². The summed E-state index contributed by atoms with van der Waals surface area (Å²) in [5.41, 5.74) is 1.24. The van der Waals surface area contributed by atoms with Crippen molar-refractivity contribution in [3.8, 4) is 5.75 Å². The Morgan fingerprint density at radius 3 is 2.27 bits per heavy atom. The third-order valence-corrected chi connectivity index (χ3v) is 3.77. The van der Waals surface area contributed by atoms with Crippen molar-refractivity contribution in [2.45, 2.75) is 6.54 Å². The van der Waals surface area contributed by atoms with Crippen molar-refractivity contribution in [2.75, 3.05) is 27.2 Å². The largest absolute Gasteiger partial charge is 1.00 e. The third-order valence-electron chi connectivity index (χ3n) is 3.28. The van der Waals surface area contributed by atoms with Gasteiger partial charge in [0.05, 0.1) is 14.1 Å². The highest BCUT2D eigenvalue weighted by Crippen LogP contribution is 2.17. The molecule has 0 aliphatic carbocycles. The fourth-order valence-corrected chi connectivity index (χ4v) is 2.49. The first-order valence-electron chi connectivity index (χ1n) is 6.89. The van der Waals surface area contributed by atoms with Gasteiger partial charge in [-0.25, -0.2) is 0 Å². The summed E-state index contributed by atoms with van der Waals surface area (Å²) in [6, 6.07) is 15.5. The lowest BCUT2D eigenvalue weighted by molar-refractivity contribution is -0.903. The molecule has 0 radical (unpaired) electrons. The molecule has 0 saturated carbocycles. The molecule has 2 aromatic rings. The highest BCUT2D eigenvalue weighted by atomic mass is 35.5. The van der Waals surface area contributed by atoms with Gasteiger partial charge in [0.25, 0.3) is 0 Å². The van der Waals surface area contributed by atoms with E-state index in [0.717, 1.165) is 33.4 Å². The van der Waals surface area contributed by atoms with Gasteiger partial charge in [-0.2, -0.15) is 0 Å². The van der Waals surface area contributed by atoms with Crippen LogP contribution in [0.15, 0.2) is 48.5 Å². The van der Waals surface area contributed by atoms with E-state index in [9.17, 15) is 0 Å². The Labute approximate surface area is 148 Å². The summed E-state index contributed by atoms with van der Waals surface area (Å²) in [5.74, 6) is 0.849. The number of ether oxygens (including phenoxy) is 1. The van der Waals surface area contributed by atoms with E-state index in [0.29, 0.717) is 6.61 Å². The van der Waals surface area contributed by atoms with Crippen LogP contribution in [0.5, 0.6) is 5.75 Å². The molecule has 0 spiro atoms. The smallest absolute Gasteiger partial charge is 0.137 e. The van der Waals surface area contributed by atoms with Crippen molar-refractivity contribution in [1.29, 1.82) is 0 Å². The van der Waals surface area contributed by atoms with Crippen LogP contribution >= 0.6 is 23.2 Å². The second-order valence-electron chi connectivity index (χ2n) is 5.75. The van der Waals surface area contributed by atoms with Crippen LogP contribution in [0.4, 0.5) is 0 Å². The molecule has 120 valence electrons. The molecule has 0 aliphatic rings. The molecule has 0 atom stereocenters. The lowest BCUT2D eigenvalue weighted by atomic mass is 10.2. The molecule has 0 aliphatic heterocycles. The number of hydrogen-bond acceptors (Lipinski definition) is 1. The van der Waals surface area contributed by atoms with Gasteiger partial charge in [0.1, 0.15) is 25.4 Å². The number of rotatable bonds is 6. The second kappa shape index (κ2) is 8.64. The van der Waals surface area contributed by atoms with Crippen molar-refractivity contribution >= 4 is 23.2 Å². The predicted octanol–water partition coefficient (Wildman–Crippen LogP) is 1.65. The summed E-state index contributed by atoms with van der Waals surface area (Å²) in [6.45, 7) is 2.49. The zero-order chi connectivity index (χ0) is 15.3. The Bertz CT molecular complexity index is 585. The summed E-state index contributed by atoms with van der Waals surface area (Å²) in [4.78, 5) is 0. The summed E-state index contributed by atoms with van der Waals surface area (Å²) >= 11 is 11.9. The molecule has 22 heavy (non-hydrogen) atoms. The molecule has 0 N–H and O–H groups in total. The van der Waals surface area contributed by atoms with Gasteiger partial charge in [0, 0.05) is 15.6 Å². The Kier molecular flexibility index (Phi) is 7.51. The highest BCUT2D eigenvalue weighted by Gasteiger charge is 2.16. The van der Waals surface area contributed by atoms with Gasteiger partial charge in [-0.3, -0.25) is 0 Å². The van der Waals surface area contributed by atoms with E-state index in [2.05, 4.69) is 20.2 Å². The molecule has 0 bridgehead atoms. The van der Waals surface area contributed by atoms with Crippen molar-refractivity contribution < 1.29 is 21.6 Å². The Morgan fingerprint density at radius 2 is 1.64 bits per heavy atom. The first kappa shape index (κ1) is 19.1. The molecular formula is C17H20Cl3NO. The zero-order valence-electron chi connectivity index (χ0n) is 12.7. The van der Waals surface area contributed by atoms with Crippen LogP contribution in [0.1, 0.15) is 5.56 Å². The Morgan fingerprint density at radius 1 is 0.955 bits per heavy atom. The number of quaternary nitrogens is 1. The first-order chi connectivity index (χ1) is 9.94. The summed E-state index contributed by atoms with van der Waals surface area (Å²) in [5, 5.41) is 1.50. The molecule has 5 heteroatoms. The maximum atomic E-state index is 6.03. The van der Waals surface area contributed by atoms with Gasteiger partial charge >= 0.3 is 0 Å². The molecule has 0 saturated heterocycles. The molecule has 2 nitrogen and oxygen atoms in total. The van der Waals surface area contributed by atoms with Gasteiger partial charge < -0.3 is 21.6 Å². The second-order valence-corrected chi connectivity index (χ2v) is 6.62. The van der Waals surface area contributed by atoms with Crippen LogP contribution in [0.3, 0.4) is 0 Å². The highest BCUT2D eigenvalue weighted by molar-refractivity contribution is 6.30. The molecule has 2 aromatic carbocycles. The quantitative estimate of drug-likeness (QED) is 0.712. The maximum absolute atomic E-state index is 6.03. The molecule has 2 rings (SSSR count). The molecule has 0 heterocycles. The van der Waals surface area contributed by atoms with Crippen LogP contribution in [0.2, 0.25) is 10.0 Å². The maximum Gasteiger partial charge on any atom is 0.137 e. The summed E-state index contributed by atoms with van der Waals surface area (Å²) in [7, 11) is 4.37. The summed E-state index contributed by atoms with van der Waals surface area (Å²) in [6.07, 6.45) is 0. The first-order valence-corrected chi connectivity index (χ1v) is 7.65. The average Bonchev–Trinajstić information content (AvgIpc) is 2.40. The van der Waals surface area contributed by atoms with E-state index in [1.807, 2.05) is 42.5 Å². The van der Waals surface area contributed by atoms with Crippen molar-refractivity contribution in [1.82, 2.24) is 0 Å². The van der Waals surface area contributed by atoms with Crippen LogP contribution in [0, 0.1) is 0 Å². The SMILES string of the molecule is C[N+](C)(CCOc1ccc(Cl)cc1)Cc1cccc(Cl)c1.[Cl-]. The molecule has 0 amide bonds. The standard InChI is InChI=1S/C17H20Cl2NO.ClH/c1-20(2,13-14-4-3-5-16(19)12-14)10-11-21-17-8-6-15(18)7-9-17;/h3-9,12H,10-11,13H2,1-2H3;1H/q+1;/p-1. The topological polar surface area (TPSA) is 9.23 Å². The minimum Gasteiger partial charge on any atom is -1.00 e. The van der Waals surface area contributed by atoms with E-state index in [1.165, 1.54) is 5.56 Å². The third kappa shape index (κ3) is 6.45. The molecule has 0 fully saturated rings. The monoisotopic (exact) mass is 359 g/mol. The number of halogens is 3. The number of benzene rings is 2. The summed E-state index contributed by atoms with van der Waals surface area (Å²) < 4.78 is 6.60. The van der Waals surface area contributed by atoms with Gasteiger partial charge in [0.2, 0.25) is 0 Å². The van der Waals surface area contributed by atoms with Crippen LogP contribution in [-0.2, 0) is 6.54 Å². The van der Waals surface area contributed by atoms with Gasteiger partial charge in [-0.05, 0) is 36.4 Å². The molecule has 0 aromatic heterocycles. The van der Waals surface area contributed by atoms with Crippen molar-refractivity contribution in [3.05, 3.63) is 64.1 Å². The van der Waals surface area contributed by atoms with Crippen molar-refractivity contribution in [2.24, 2.45) is 0 Å². The van der Waals surface area contributed by atoms with Crippen LogP contribution < -0.4 is 17.1 Å². The van der Waals surface area contributed by atoms with Gasteiger partial charge in [-0.15, -0.1) is 0 Å². The minimum absolute atomic E-state index is 0. The van der Waals surface area contributed by atoms with Gasteiger partial charge in [-0.1, -0.05) is 35.3 Å². The number of likely N-dealkylation sites (N-methyl/N-ethyl adjacent to an activating group) is 1. The zero-order valence-corrected chi connectivity index (χ0v) is 15.0. The van der Waals surface area contributed by atoms with Gasteiger partial charge in [0.15, 0.2) is 0 Å². The van der Waals surface area contributed by atoms with Crippen LogP contribution in [0.25, 0.3) is 0 Å². The van der Waals surface area contributed by atoms with Crippen LogP contribution in [-0.4, -0.2) is 31.7 Å². The van der Waals surface area contributed by atoms with Crippen molar-refractivity contribution in [3.63, 3.8) is 0 Å². The lowest BCUT2D eigenvalue weighted by Crippen LogP contribution is -3.00. The van der Waals surface area contributed by atoms with E-state index < -0.39 is 0 Å². The predicted molar refractivity (Wildman–Crippen MR) is 89.1 cm³/mol. The lowest BCUT2D eigenvalue weighted by Gasteiger charge is -2.29. The Balaban J connectivity index is 0.00000242. The van der Waals surface area contributed by atoms with E-state index in [1.54, 1.807) is 0 Å². The Hall–Kier alpha value is -0.930. The van der Waals surface area contributed by atoms with E-state index in [-0.39, 0.29) is 12.4 Å². The number of nitrogens with zero attached hydrogens (tertiary/aromatic N) is 1.